The number of fused-ring (bicyclic) bond motifs is 1. The highest BCUT2D eigenvalue weighted by Gasteiger charge is 2.44. The van der Waals surface area contributed by atoms with Gasteiger partial charge < -0.3 is 4.90 Å². The summed E-state index contributed by atoms with van der Waals surface area (Å²) in [6, 6.07) is 20.6. The number of para-hydroxylation sites is 1. The topological polar surface area (TPSA) is 40.6 Å². The summed E-state index contributed by atoms with van der Waals surface area (Å²) >= 11 is 0. The zero-order valence-corrected chi connectivity index (χ0v) is 16.8. The number of alkyl halides is 3. The first kappa shape index (κ1) is 20.1. The molecule has 160 valence electrons. The third kappa shape index (κ3) is 3.17. The fourth-order valence-electron chi connectivity index (χ4n) is 4.24. The van der Waals surface area contributed by atoms with Crippen LogP contribution < -0.4 is 9.80 Å². The fourth-order valence-corrected chi connectivity index (χ4v) is 4.24. The van der Waals surface area contributed by atoms with E-state index in [1.54, 1.807) is 24.3 Å². The quantitative estimate of drug-likeness (QED) is 0.542. The maximum Gasteiger partial charge on any atom is 0.416 e. The van der Waals surface area contributed by atoms with Gasteiger partial charge in [-0.15, -0.1) is 0 Å². The molecule has 0 saturated heterocycles. The predicted octanol–water partition coefficient (Wildman–Crippen LogP) is 5.05. The van der Waals surface area contributed by atoms with E-state index in [2.05, 4.69) is 0 Å². The summed E-state index contributed by atoms with van der Waals surface area (Å²) in [4.78, 5) is 29.8. The number of nitrogens with zero attached hydrogens (tertiary/aromatic N) is 2. The lowest BCUT2D eigenvalue weighted by Gasteiger charge is -2.22. The molecular weight excluding hydrogens is 417 g/mol. The van der Waals surface area contributed by atoms with Crippen LogP contribution in [0.25, 0.3) is 5.57 Å². The maximum atomic E-state index is 13.6. The Labute approximate surface area is 182 Å². The second-order valence-electron chi connectivity index (χ2n) is 7.61. The molecule has 0 spiro atoms. The van der Waals surface area contributed by atoms with E-state index >= 15 is 0 Å². The molecule has 0 aromatic heterocycles. The lowest BCUT2D eigenvalue weighted by molar-refractivity contribution is -0.137. The number of hydrogen-bond acceptors (Lipinski definition) is 3. The fraction of sp³-hybridized carbons (Fsp3) is 0.120. The molecule has 2 aliphatic rings. The van der Waals surface area contributed by atoms with E-state index in [0.29, 0.717) is 12.1 Å². The Kier molecular flexibility index (Phi) is 4.62. The molecule has 2 heterocycles. The zero-order valence-electron chi connectivity index (χ0n) is 16.8. The summed E-state index contributed by atoms with van der Waals surface area (Å²) in [6.45, 7) is 0.533. The van der Waals surface area contributed by atoms with Crippen LogP contribution in [0, 0.1) is 0 Å². The standard InChI is InChI=1S/C25H17F3N2O2/c26-25(27,28)18-10-12-19(13-11-18)30-23(31)21(17-7-2-1-3-8-17)22(24(30)32)29-15-14-16-6-4-5-9-20(16)29/h1-13H,14-15H2. The van der Waals surface area contributed by atoms with Crippen LogP contribution in [0.3, 0.4) is 0 Å². The maximum absolute atomic E-state index is 13.6. The Morgan fingerprint density at radius 3 is 2.09 bits per heavy atom. The van der Waals surface area contributed by atoms with Crippen LogP contribution in [0.4, 0.5) is 24.5 Å². The van der Waals surface area contributed by atoms with Crippen LogP contribution in [0.2, 0.25) is 0 Å². The van der Waals surface area contributed by atoms with Crippen molar-refractivity contribution >= 4 is 28.8 Å². The van der Waals surface area contributed by atoms with Crippen molar-refractivity contribution in [1.82, 2.24) is 0 Å². The van der Waals surface area contributed by atoms with Crippen LogP contribution >= 0.6 is 0 Å². The third-order valence-electron chi connectivity index (χ3n) is 5.73. The van der Waals surface area contributed by atoms with Crippen molar-refractivity contribution in [3.63, 3.8) is 0 Å². The summed E-state index contributed by atoms with van der Waals surface area (Å²) in [7, 11) is 0. The summed E-state index contributed by atoms with van der Waals surface area (Å²) in [5.74, 6) is -1.11. The molecule has 3 aromatic rings. The van der Waals surface area contributed by atoms with Gasteiger partial charge in [-0.05, 0) is 47.9 Å². The van der Waals surface area contributed by atoms with Crippen LogP contribution in [0.1, 0.15) is 16.7 Å². The number of imide groups is 1. The van der Waals surface area contributed by atoms with Gasteiger partial charge >= 0.3 is 6.18 Å². The van der Waals surface area contributed by atoms with Crippen molar-refractivity contribution in [2.75, 3.05) is 16.3 Å². The number of hydrogen-bond donors (Lipinski definition) is 0. The SMILES string of the molecule is O=C1C(c2ccccc2)=C(N2CCc3ccccc32)C(=O)N1c1ccc(C(F)(F)F)cc1. The molecule has 5 rings (SSSR count). The predicted molar refractivity (Wildman–Crippen MR) is 115 cm³/mol. The van der Waals surface area contributed by atoms with Crippen molar-refractivity contribution in [2.45, 2.75) is 12.6 Å². The van der Waals surface area contributed by atoms with Gasteiger partial charge in [0, 0.05) is 12.2 Å². The van der Waals surface area contributed by atoms with Crippen molar-refractivity contribution in [3.05, 3.63) is 101 Å². The van der Waals surface area contributed by atoms with Gasteiger partial charge in [0.25, 0.3) is 11.8 Å². The largest absolute Gasteiger partial charge is 0.416 e. The van der Waals surface area contributed by atoms with E-state index in [4.69, 9.17) is 0 Å². The van der Waals surface area contributed by atoms with Gasteiger partial charge in [-0.25, -0.2) is 4.90 Å². The molecule has 4 nitrogen and oxygen atoms in total. The molecule has 0 bridgehead atoms. The highest BCUT2D eigenvalue weighted by atomic mass is 19.4. The Morgan fingerprint density at radius 1 is 0.750 bits per heavy atom. The van der Waals surface area contributed by atoms with Gasteiger partial charge in [-0.1, -0.05) is 48.5 Å². The van der Waals surface area contributed by atoms with Gasteiger partial charge in [-0.3, -0.25) is 9.59 Å². The first-order valence-corrected chi connectivity index (χ1v) is 10.1. The minimum absolute atomic E-state index is 0.101. The molecule has 0 unspecified atom stereocenters. The molecule has 0 fully saturated rings. The van der Waals surface area contributed by atoms with E-state index < -0.39 is 23.6 Å². The lowest BCUT2D eigenvalue weighted by atomic mass is 10.0. The molecule has 0 atom stereocenters. The average molecular weight is 434 g/mol. The molecular formula is C25H17F3N2O2. The molecule has 2 amide bonds. The van der Waals surface area contributed by atoms with Gasteiger partial charge in [0.2, 0.25) is 0 Å². The van der Waals surface area contributed by atoms with E-state index in [1.165, 1.54) is 0 Å². The summed E-state index contributed by atoms with van der Waals surface area (Å²) in [6.07, 6.45) is -3.78. The zero-order chi connectivity index (χ0) is 22.5. The number of anilines is 2. The van der Waals surface area contributed by atoms with Gasteiger partial charge in [0.1, 0.15) is 5.70 Å². The van der Waals surface area contributed by atoms with E-state index in [-0.39, 0.29) is 17.0 Å². The Bertz CT molecular complexity index is 1250. The monoisotopic (exact) mass is 434 g/mol. The van der Waals surface area contributed by atoms with Crippen molar-refractivity contribution in [2.24, 2.45) is 0 Å². The average Bonchev–Trinajstić information content (AvgIpc) is 3.32. The van der Waals surface area contributed by atoms with E-state index in [1.807, 2.05) is 35.2 Å². The number of rotatable bonds is 3. The van der Waals surface area contributed by atoms with Crippen molar-refractivity contribution in [1.29, 1.82) is 0 Å². The van der Waals surface area contributed by atoms with Crippen molar-refractivity contribution in [3.8, 4) is 0 Å². The molecule has 32 heavy (non-hydrogen) atoms. The van der Waals surface area contributed by atoms with Crippen LogP contribution in [-0.2, 0) is 22.2 Å². The molecule has 2 aliphatic heterocycles. The number of carbonyl (C=O) groups is 2. The summed E-state index contributed by atoms with van der Waals surface area (Å²) in [5.41, 5.74) is 2.25. The van der Waals surface area contributed by atoms with Crippen LogP contribution in [0.5, 0.6) is 0 Å². The van der Waals surface area contributed by atoms with E-state index in [0.717, 1.165) is 46.8 Å². The number of benzene rings is 3. The third-order valence-corrected chi connectivity index (χ3v) is 5.73. The normalized spacial score (nSPS) is 16.2. The van der Waals surface area contributed by atoms with Crippen molar-refractivity contribution < 1.29 is 22.8 Å². The van der Waals surface area contributed by atoms with Crippen LogP contribution in [0.15, 0.2) is 84.6 Å². The lowest BCUT2D eigenvalue weighted by Crippen LogP contribution is -2.34. The second-order valence-corrected chi connectivity index (χ2v) is 7.61. The minimum atomic E-state index is -4.50. The number of amides is 2. The Morgan fingerprint density at radius 2 is 1.41 bits per heavy atom. The van der Waals surface area contributed by atoms with Crippen LogP contribution in [-0.4, -0.2) is 18.4 Å². The molecule has 0 saturated carbocycles. The number of halogens is 3. The van der Waals surface area contributed by atoms with E-state index in [9.17, 15) is 22.8 Å². The highest BCUT2D eigenvalue weighted by Crippen LogP contribution is 2.40. The summed E-state index contributed by atoms with van der Waals surface area (Å²) in [5, 5.41) is 0. The first-order chi connectivity index (χ1) is 15.4. The molecule has 0 radical (unpaired) electrons. The number of carbonyl (C=O) groups excluding carboxylic acids is 2. The minimum Gasteiger partial charge on any atom is -0.336 e. The van der Waals surface area contributed by atoms with Gasteiger partial charge in [-0.2, -0.15) is 13.2 Å². The second kappa shape index (κ2) is 7.37. The molecule has 0 aliphatic carbocycles. The first-order valence-electron chi connectivity index (χ1n) is 10.1. The molecule has 0 N–H and O–H groups in total. The van der Waals surface area contributed by atoms with Gasteiger partial charge in [0.15, 0.2) is 0 Å². The van der Waals surface area contributed by atoms with Gasteiger partial charge in [0.05, 0.1) is 16.8 Å². The Hall–Kier alpha value is -3.87. The summed E-state index contributed by atoms with van der Waals surface area (Å²) < 4.78 is 38.9. The Balaban J connectivity index is 1.62. The smallest absolute Gasteiger partial charge is 0.336 e. The highest BCUT2D eigenvalue weighted by molar-refractivity contribution is 6.46. The molecule has 7 heteroatoms. The molecule has 3 aromatic carbocycles.